The Labute approximate surface area is 132 Å². The number of benzene rings is 1. The zero-order chi connectivity index (χ0) is 15.4. The van der Waals surface area contributed by atoms with Gasteiger partial charge in [0.2, 0.25) is 5.91 Å². The maximum atomic E-state index is 12.0. The number of rotatable bonds is 5. The van der Waals surface area contributed by atoms with E-state index in [4.69, 9.17) is 4.42 Å². The number of para-hydroxylation sites is 1. The van der Waals surface area contributed by atoms with Crippen LogP contribution in [0.3, 0.4) is 0 Å². The van der Waals surface area contributed by atoms with Crippen LogP contribution in [-0.2, 0) is 4.79 Å². The van der Waals surface area contributed by atoms with E-state index in [0.29, 0.717) is 5.75 Å². The van der Waals surface area contributed by atoms with Crippen LogP contribution in [-0.4, -0.2) is 21.6 Å². The first-order chi connectivity index (χ1) is 10.7. The number of aromatic nitrogens is 2. The summed E-state index contributed by atoms with van der Waals surface area (Å²) in [6.07, 6.45) is 3.12. The van der Waals surface area contributed by atoms with Crippen molar-refractivity contribution in [3.63, 3.8) is 0 Å². The van der Waals surface area contributed by atoms with Crippen LogP contribution in [0.4, 0.5) is 0 Å². The lowest BCUT2D eigenvalue weighted by molar-refractivity contribution is -0.119. The van der Waals surface area contributed by atoms with Crippen molar-refractivity contribution in [3.8, 4) is 0 Å². The van der Waals surface area contributed by atoms with E-state index in [0.717, 1.165) is 21.7 Å². The van der Waals surface area contributed by atoms with Crippen molar-refractivity contribution in [1.82, 2.24) is 15.3 Å². The summed E-state index contributed by atoms with van der Waals surface area (Å²) in [5.74, 6) is 0.980. The van der Waals surface area contributed by atoms with Crippen LogP contribution in [0, 0.1) is 0 Å². The predicted octanol–water partition coefficient (Wildman–Crippen LogP) is 3.19. The highest BCUT2D eigenvalue weighted by atomic mass is 32.2. The molecule has 3 aromatic rings. The summed E-state index contributed by atoms with van der Waals surface area (Å²) in [4.78, 5) is 20.5. The Morgan fingerprint density at radius 1 is 1.27 bits per heavy atom. The molecule has 0 aliphatic heterocycles. The van der Waals surface area contributed by atoms with Gasteiger partial charge in [-0.3, -0.25) is 4.79 Å². The normalized spacial score (nSPS) is 12.2. The molecule has 5 nitrogen and oxygen atoms in total. The number of hydrogen-bond donors (Lipinski definition) is 1. The van der Waals surface area contributed by atoms with Crippen molar-refractivity contribution in [2.75, 3.05) is 5.75 Å². The topological polar surface area (TPSA) is 68.0 Å². The number of thioether (sulfide) groups is 1. The van der Waals surface area contributed by atoms with Gasteiger partial charge in [0.25, 0.3) is 0 Å². The van der Waals surface area contributed by atoms with Gasteiger partial charge in [-0.1, -0.05) is 30.0 Å². The van der Waals surface area contributed by atoms with Crippen LogP contribution < -0.4 is 5.32 Å². The van der Waals surface area contributed by atoms with Crippen LogP contribution >= 0.6 is 11.8 Å². The predicted molar refractivity (Wildman–Crippen MR) is 85.5 cm³/mol. The van der Waals surface area contributed by atoms with Crippen LogP contribution in [0.2, 0.25) is 0 Å². The Kier molecular flexibility index (Phi) is 4.39. The third-order valence-corrected chi connectivity index (χ3v) is 4.20. The van der Waals surface area contributed by atoms with Gasteiger partial charge < -0.3 is 9.73 Å². The number of hydrogen-bond acceptors (Lipinski definition) is 5. The molecular weight excluding hydrogens is 298 g/mol. The average molecular weight is 313 g/mol. The number of nitrogens with zero attached hydrogens (tertiary/aromatic N) is 2. The second kappa shape index (κ2) is 6.62. The standard InChI is InChI=1S/C16H15N3O2S/c1-11(14-7-4-8-21-14)19-15(20)9-22-16-12-5-2-3-6-13(12)17-10-18-16/h2-8,10-11H,9H2,1H3,(H,19,20)/t11-/m1/s1. The molecule has 1 atom stereocenters. The summed E-state index contributed by atoms with van der Waals surface area (Å²) in [5.41, 5.74) is 0.879. The molecule has 0 aliphatic carbocycles. The summed E-state index contributed by atoms with van der Waals surface area (Å²) < 4.78 is 5.27. The van der Waals surface area contributed by atoms with Crippen LogP contribution in [0.5, 0.6) is 0 Å². The highest BCUT2D eigenvalue weighted by Crippen LogP contribution is 2.24. The third kappa shape index (κ3) is 3.28. The fraction of sp³-hybridized carbons (Fsp3) is 0.188. The van der Waals surface area contributed by atoms with Gasteiger partial charge in [0.1, 0.15) is 17.1 Å². The van der Waals surface area contributed by atoms with Gasteiger partial charge in [0.15, 0.2) is 0 Å². The molecule has 0 aliphatic rings. The number of fused-ring (bicyclic) bond motifs is 1. The molecule has 2 aromatic heterocycles. The van der Waals surface area contributed by atoms with E-state index in [2.05, 4.69) is 15.3 Å². The Morgan fingerprint density at radius 2 is 2.14 bits per heavy atom. The molecule has 0 fully saturated rings. The van der Waals surface area contributed by atoms with Crippen LogP contribution in [0.15, 0.2) is 58.4 Å². The first-order valence-electron chi connectivity index (χ1n) is 6.89. The van der Waals surface area contributed by atoms with Gasteiger partial charge in [-0.25, -0.2) is 9.97 Å². The van der Waals surface area contributed by atoms with E-state index in [1.807, 2.05) is 37.3 Å². The summed E-state index contributed by atoms with van der Waals surface area (Å²) in [6, 6.07) is 11.3. The number of furan rings is 1. The lowest BCUT2D eigenvalue weighted by Crippen LogP contribution is -2.27. The minimum atomic E-state index is -0.148. The van der Waals surface area contributed by atoms with Crippen molar-refractivity contribution in [1.29, 1.82) is 0 Å². The molecule has 0 saturated carbocycles. The van der Waals surface area contributed by atoms with E-state index in [-0.39, 0.29) is 11.9 Å². The number of nitrogens with one attached hydrogen (secondary N) is 1. The fourth-order valence-corrected chi connectivity index (χ4v) is 2.92. The molecule has 0 saturated heterocycles. The highest BCUT2D eigenvalue weighted by Gasteiger charge is 2.13. The second-order valence-corrected chi connectivity index (χ2v) is 5.75. The van der Waals surface area contributed by atoms with Crippen LogP contribution in [0.1, 0.15) is 18.7 Å². The smallest absolute Gasteiger partial charge is 0.230 e. The molecule has 1 aromatic carbocycles. The Balaban J connectivity index is 1.63. The zero-order valence-corrected chi connectivity index (χ0v) is 12.8. The minimum Gasteiger partial charge on any atom is -0.467 e. The number of amides is 1. The lowest BCUT2D eigenvalue weighted by Gasteiger charge is -2.11. The van der Waals surface area contributed by atoms with E-state index >= 15 is 0 Å². The SMILES string of the molecule is C[C@@H](NC(=O)CSc1ncnc2ccccc12)c1ccco1. The van der Waals surface area contributed by atoms with E-state index in [1.54, 1.807) is 12.3 Å². The van der Waals surface area contributed by atoms with Crippen molar-refractivity contribution in [3.05, 3.63) is 54.7 Å². The van der Waals surface area contributed by atoms with Crippen molar-refractivity contribution < 1.29 is 9.21 Å². The summed E-state index contributed by atoms with van der Waals surface area (Å²) in [5, 5.41) is 4.68. The molecule has 6 heteroatoms. The van der Waals surface area contributed by atoms with Crippen molar-refractivity contribution in [2.24, 2.45) is 0 Å². The Morgan fingerprint density at radius 3 is 2.95 bits per heavy atom. The van der Waals surface area contributed by atoms with Crippen LogP contribution in [0.25, 0.3) is 10.9 Å². The highest BCUT2D eigenvalue weighted by molar-refractivity contribution is 8.00. The lowest BCUT2D eigenvalue weighted by atomic mass is 10.2. The van der Waals surface area contributed by atoms with E-state index in [1.165, 1.54) is 18.1 Å². The largest absolute Gasteiger partial charge is 0.467 e. The van der Waals surface area contributed by atoms with Gasteiger partial charge in [-0.05, 0) is 25.1 Å². The maximum Gasteiger partial charge on any atom is 0.230 e. The van der Waals surface area contributed by atoms with Crippen molar-refractivity contribution in [2.45, 2.75) is 18.0 Å². The third-order valence-electron chi connectivity index (χ3n) is 3.19. The van der Waals surface area contributed by atoms with Gasteiger partial charge in [-0.15, -0.1) is 0 Å². The first kappa shape index (κ1) is 14.6. The number of carbonyl (C=O) groups excluding carboxylic acids is 1. The summed E-state index contributed by atoms with van der Waals surface area (Å²) in [6.45, 7) is 1.89. The fourth-order valence-electron chi connectivity index (χ4n) is 2.12. The van der Waals surface area contributed by atoms with Gasteiger partial charge in [0, 0.05) is 5.39 Å². The average Bonchev–Trinajstić information content (AvgIpc) is 3.07. The van der Waals surface area contributed by atoms with Gasteiger partial charge >= 0.3 is 0 Å². The zero-order valence-electron chi connectivity index (χ0n) is 12.0. The molecule has 1 N–H and O–H groups in total. The van der Waals surface area contributed by atoms with E-state index in [9.17, 15) is 4.79 Å². The molecule has 3 rings (SSSR count). The van der Waals surface area contributed by atoms with Gasteiger partial charge in [-0.2, -0.15) is 0 Å². The summed E-state index contributed by atoms with van der Waals surface area (Å²) >= 11 is 1.40. The quantitative estimate of drug-likeness (QED) is 0.579. The molecule has 22 heavy (non-hydrogen) atoms. The first-order valence-corrected chi connectivity index (χ1v) is 7.88. The Hall–Kier alpha value is -2.34. The van der Waals surface area contributed by atoms with Crippen molar-refractivity contribution >= 4 is 28.6 Å². The second-order valence-electron chi connectivity index (χ2n) is 4.79. The minimum absolute atomic E-state index is 0.0587. The molecule has 0 unspecified atom stereocenters. The molecular formula is C16H15N3O2S. The molecule has 0 radical (unpaired) electrons. The molecule has 112 valence electrons. The molecule has 0 bridgehead atoms. The molecule has 0 spiro atoms. The van der Waals surface area contributed by atoms with E-state index < -0.39 is 0 Å². The molecule has 2 heterocycles. The monoisotopic (exact) mass is 313 g/mol. The molecule has 1 amide bonds. The number of carbonyl (C=O) groups is 1. The maximum absolute atomic E-state index is 12.0. The van der Waals surface area contributed by atoms with Gasteiger partial charge in [0.05, 0.1) is 23.6 Å². The Bertz CT molecular complexity index is 769. The summed E-state index contributed by atoms with van der Waals surface area (Å²) in [7, 11) is 0.